The second kappa shape index (κ2) is 8.70. The van der Waals surface area contributed by atoms with Gasteiger partial charge in [-0.2, -0.15) is 0 Å². The van der Waals surface area contributed by atoms with E-state index in [9.17, 15) is 5.11 Å². The Kier molecular flexibility index (Phi) is 6.63. The van der Waals surface area contributed by atoms with Crippen LogP contribution in [0.1, 0.15) is 36.1 Å². The summed E-state index contributed by atoms with van der Waals surface area (Å²) >= 11 is 0. The lowest BCUT2D eigenvalue weighted by atomic mass is 10.0. The summed E-state index contributed by atoms with van der Waals surface area (Å²) < 4.78 is 5.22. The zero-order chi connectivity index (χ0) is 16.7. The Balaban J connectivity index is 1.93. The van der Waals surface area contributed by atoms with Gasteiger partial charge in [0.15, 0.2) is 0 Å². The number of nitrogens with zero attached hydrogens (tertiary/aromatic N) is 1. The summed E-state index contributed by atoms with van der Waals surface area (Å²) in [7, 11) is 1.66. The molecule has 3 nitrogen and oxygen atoms in total. The van der Waals surface area contributed by atoms with E-state index in [-0.39, 0.29) is 0 Å². The molecule has 0 fully saturated rings. The van der Waals surface area contributed by atoms with Crippen LogP contribution in [0.25, 0.3) is 0 Å². The maximum absolute atomic E-state index is 10.5. The minimum absolute atomic E-state index is 0.439. The third kappa shape index (κ3) is 5.08. The Labute approximate surface area is 139 Å². The first-order valence-electron chi connectivity index (χ1n) is 8.23. The van der Waals surface area contributed by atoms with Gasteiger partial charge in [-0.15, -0.1) is 0 Å². The Morgan fingerprint density at radius 2 is 1.87 bits per heavy atom. The fraction of sp³-hybridized carbons (Fsp3) is 0.400. The lowest BCUT2D eigenvalue weighted by Crippen LogP contribution is -2.25. The first-order chi connectivity index (χ1) is 11.1. The average Bonchev–Trinajstić information content (AvgIpc) is 2.59. The summed E-state index contributed by atoms with van der Waals surface area (Å²) in [6.45, 7) is 6.95. The van der Waals surface area contributed by atoms with Crippen LogP contribution in [0.3, 0.4) is 0 Å². The van der Waals surface area contributed by atoms with Crippen molar-refractivity contribution in [2.75, 3.05) is 20.2 Å². The van der Waals surface area contributed by atoms with E-state index in [1.54, 1.807) is 7.11 Å². The summed E-state index contributed by atoms with van der Waals surface area (Å²) in [5.74, 6) is 0.831. The molecule has 3 heteroatoms. The van der Waals surface area contributed by atoms with Crippen LogP contribution < -0.4 is 4.74 Å². The van der Waals surface area contributed by atoms with Crippen LogP contribution in [-0.2, 0) is 6.54 Å². The van der Waals surface area contributed by atoms with Crippen LogP contribution in [0.5, 0.6) is 5.75 Å². The molecule has 2 rings (SSSR count). The summed E-state index contributed by atoms with van der Waals surface area (Å²) in [6.07, 6.45) is 0.291. The summed E-state index contributed by atoms with van der Waals surface area (Å²) in [4.78, 5) is 2.36. The largest absolute Gasteiger partial charge is 0.497 e. The third-order valence-electron chi connectivity index (χ3n) is 4.25. The van der Waals surface area contributed by atoms with Crippen molar-refractivity contribution in [3.8, 4) is 5.75 Å². The van der Waals surface area contributed by atoms with Gasteiger partial charge in [0.05, 0.1) is 13.2 Å². The molecule has 0 bridgehead atoms. The molecule has 0 aliphatic heterocycles. The van der Waals surface area contributed by atoms with Crippen LogP contribution in [0.2, 0.25) is 0 Å². The highest BCUT2D eigenvalue weighted by atomic mass is 16.5. The Morgan fingerprint density at radius 1 is 1.13 bits per heavy atom. The Hall–Kier alpha value is -1.84. The van der Waals surface area contributed by atoms with Crippen molar-refractivity contribution in [1.82, 2.24) is 4.90 Å². The summed E-state index contributed by atoms with van der Waals surface area (Å²) in [5, 5.41) is 10.5. The molecule has 1 atom stereocenters. The zero-order valence-electron chi connectivity index (χ0n) is 14.3. The van der Waals surface area contributed by atoms with E-state index in [0.717, 1.165) is 42.9 Å². The SMILES string of the molecule is CCN(CCC(O)c1ccc(OC)cc1C)Cc1ccccc1. The van der Waals surface area contributed by atoms with Gasteiger partial charge in [0.25, 0.3) is 0 Å². The Bertz CT molecular complexity index is 598. The third-order valence-corrected chi connectivity index (χ3v) is 4.25. The minimum atomic E-state index is -0.439. The molecule has 0 aliphatic rings. The van der Waals surface area contributed by atoms with E-state index in [0.29, 0.717) is 0 Å². The number of aryl methyl sites for hydroxylation is 1. The normalized spacial score (nSPS) is 12.4. The second-order valence-corrected chi connectivity index (χ2v) is 5.88. The molecule has 2 aromatic rings. The highest BCUT2D eigenvalue weighted by Crippen LogP contribution is 2.25. The standard InChI is InChI=1S/C20H27NO2/c1-4-21(15-17-8-6-5-7-9-17)13-12-20(22)19-11-10-18(23-3)14-16(19)2/h5-11,14,20,22H,4,12-13,15H2,1-3H3. The number of hydrogen-bond donors (Lipinski definition) is 1. The molecule has 23 heavy (non-hydrogen) atoms. The van der Waals surface area contributed by atoms with Crippen molar-refractivity contribution in [3.05, 3.63) is 65.2 Å². The van der Waals surface area contributed by atoms with Gasteiger partial charge < -0.3 is 9.84 Å². The second-order valence-electron chi connectivity index (χ2n) is 5.88. The van der Waals surface area contributed by atoms with Crippen LogP contribution >= 0.6 is 0 Å². The molecular weight excluding hydrogens is 286 g/mol. The van der Waals surface area contributed by atoms with Gasteiger partial charge in [0.1, 0.15) is 5.75 Å². The van der Waals surface area contributed by atoms with Crippen molar-refractivity contribution in [1.29, 1.82) is 0 Å². The lowest BCUT2D eigenvalue weighted by molar-refractivity contribution is 0.141. The van der Waals surface area contributed by atoms with E-state index in [4.69, 9.17) is 4.74 Å². The highest BCUT2D eigenvalue weighted by Gasteiger charge is 2.13. The average molecular weight is 313 g/mol. The predicted molar refractivity (Wildman–Crippen MR) is 94.7 cm³/mol. The van der Waals surface area contributed by atoms with Crippen molar-refractivity contribution >= 4 is 0 Å². The number of ether oxygens (including phenoxy) is 1. The molecular formula is C20H27NO2. The van der Waals surface area contributed by atoms with Gasteiger partial charge in [-0.1, -0.05) is 43.3 Å². The quantitative estimate of drug-likeness (QED) is 0.801. The Morgan fingerprint density at radius 3 is 2.48 bits per heavy atom. The summed E-state index contributed by atoms with van der Waals surface area (Å²) in [5.41, 5.74) is 3.37. The molecule has 1 N–H and O–H groups in total. The van der Waals surface area contributed by atoms with E-state index in [1.165, 1.54) is 5.56 Å². The van der Waals surface area contributed by atoms with Crippen LogP contribution in [0, 0.1) is 6.92 Å². The molecule has 2 aromatic carbocycles. The first kappa shape index (κ1) is 17.5. The molecule has 0 radical (unpaired) electrons. The molecule has 0 aromatic heterocycles. The molecule has 124 valence electrons. The van der Waals surface area contributed by atoms with Crippen LogP contribution in [0.4, 0.5) is 0 Å². The van der Waals surface area contributed by atoms with Crippen LogP contribution in [-0.4, -0.2) is 30.2 Å². The van der Waals surface area contributed by atoms with Crippen molar-refractivity contribution in [2.24, 2.45) is 0 Å². The smallest absolute Gasteiger partial charge is 0.119 e. The van der Waals surface area contributed by atoms with Crippen molar-refractivity contribution in [2.45, 2.75) is 32.9 Å². The minimum Gasteiger partial charge on any atom is -0.497 e. The predicted octanol–water partition coefficient (Wildman–Crippen LogP) is 3.95. The van der Waals surface area contributed by atoms with Gasteiger partial charge in [-0.3, -0.25) is 4.90 Å². The number of methoxy groups -OCH3 is 1. The maximum Gasteiger partial charge on any atom is 0.119 e. The topological polar surface area (TPSA) is 32.7 Å². The number of aliphatic hydroxyl groups is 1. The fourth-order valence-electron chi connectivity index (χ4n) is 2.80. The van der Waals surface area contributed by atoms with Crippen molar-refractivity contribution in [3.63, 3.8) is 0 Å². The van der Waals surface area contributed by atoms with Crippen LogP contribution in [0.15, 0.2) is 48.5 Å². The molecule has 0 heterocycles. The van der Waals surface area contributed by atoms with E-state index in [2.05, 4.69) is 36.1 Å². The van der Waals surface area contributed by atoms with E-state index >= 15 is 0 Å². The van der Waals surface area contributed by atoms with Gasteiger partial charge in [-0.25, -0.2) is 0 Å². The van der Waals surface area contributed by atoms with E-state index in [1.807, 2.05) is 31.2 Å². The molecule has 0 amide bonds. The van der Waals surface area contributed by atoms with Gasteiger partial charge in [0, 0.05) is 13.1 Å². The van der Waals surface area contributed by atoms with E-state index < -0.39 is 6.10 Å². The van der Waals surface area contributed by atoms with Gasteiger partial charge >= 0.3 is 0 Å². The maximum atomic E-state index is 10.5. The molecule has 0 spiro atoms. The van der Waals surface area contributed by atoms with Crippen molar-refractivity contribution < 1.29 is 9.84 Å². The monoisotopic (exact) mass is 313 g/mol. The van der Waals surface area contributed by atoms with Gasteiger partial charge in [-0.05, 0) is 48.7 Å². The molecule has 0 saturated heterocycles. The number of hydrogen-bond acceptors (Lipinski definition) is 3. The zero-order valence-corrected chi connectivity index (χ0v) is 14.3. The molecule has 0 saturated carbocycles. The molecule has 0 aliphatic carbocycles. The lowest BCUT2D eigenvalue weighted by Gasteiger charge is -2.23. The first-order valence-corrected chi connectivity index (χ1v) is 8.23. The fourth-order valence-corrected chi connectivity index (χ4v) is 2.80. The summed E-state index contributed by atoms with van der Waals surface area (Å²) in [6, 6.07) is 16.3. The highest BCUT2D eigenvalue weighted by molar-refractivity contribution is 5.36. The number of rotatable bonds is 8. The molecule has 1 unspecified atom stereocenters. The number of aliphatic hydroxyl groups excluding tert-OH is 1. The van der Waals surface area contributed by atoms with Gasteiger partial charge in [0.2, 0.25) is 0 Å². The number of benzene rings is 2.